The molecule has 0 spiro atoms. The van der Waals surface area contributed by atoms with Gasteiger partial charge in [0.15, 0.2) is 0 Å². The summed E-state index contributed by atoms with van der Waals surface area (Å²) in [6, 6.07) is 17.9. The van der Waals surface area contributed by atoms with Crippen LogP contribution in [0.4, 0.5) is 16.2 Å². The fraction of sp³-hybridized carbons (Fsp3) is 0.321. The van der Waals surface area contributed by atoms with Crippen LogP contribution < -0.4 is 25.7 Å². The molecule has 0 radical (unpaired) electrons. The number of likely N-dealkylation sites (tertiary alicyclic amines) is 1. The Kier molecular flexibility index (Phi) is 6.85. The second-order valence-corrected chi connectivity index (χ2v) is 9.52. The minimum absolute atomic E-state index is 0.0610. The molecule has 2 atom stereocenters. The quantitative estimate of drug-likeness (QED) is 0.535. The Labute approximate surface area is 215 Å². The molecule has 2 aliphatic rings. The summed E-state index contributed by atoms with van der Waals surface area (Å²) in [5.74, 6) is 1.42. The topological polar surface area (TPSA) is 102 Å². The van der Waals surface area contributed by atoms with E-state index in [9.17, 15) is 14.4 Å². The van der Waals surface area contributed by atoms with Crippen LogP contribution in [0.1, 0.15) is 23.6 Å². The van der Waals surface area contributed by atoms with Crippen LogP contribution in [0, 0.1) is 5.92 Å². The molecule has 3 heterocycles. The number of carbonyl (C=O) groups is 2. The number of aromatic nitrogens is 1. The van der Waals surface area contributed by atoms with Crippen molar-refractivity contribution in [3.63, 3.8) is 0 Å². The van der Waals surface area contributed by atoms with E-state index in [-0.39, 0.29) is 41.4 Å². The van der Waals surface area contributed by atoms with E-state index < -0.39 is 0 Å². The van der Waals surface area contributed by atoms with Crippen molar-refractivity contribution in [1.29, 1.82) is 0 Å². The van der Waals surface area contributed by atoms with Crippen LogP contribution in [0.5, 0.6) is 11.5 Å². The third-order valence-corrected chi connectivity index (χ3v) is 7.03. The molecule has 1 aromatic heterocycles. The van der Waals surface area contributed by atoms with E-state index in [0.717, 1.165) is 29.2 Å². The molecule has 3 amide bonds. The van der Waals surface area contributed by atoms with Crippen molar-refractivity contribution >= 4 is 23.3 Å². The highest BCUT2D eigenvalue weighted by molar-refractivity contribution is 5.92. The molecule has 192 valence electrons. The molecule has 0 aliphatic carbocycles. The predicted molar refractivity (Wildman–Crippen MR) is 140 cm³/mol. The standard InChI is InChI=1S/C28H30N4O5/c1-36-22-7-3-18(4-8-22)14-26(33)30-24-11-12-25-20-13-19(16-32(25)27(24)34)15-31(17-20)28(35)29-21-5-9-23(37-2)10-6-21/h3-12,19-20H,13-17H2,1-2H3,(H,29,35)(H,30,33)/t19-,20+/m0/s1. The molecule has 2 N–H and O–H groups in total. The predicted octanol–water partition coefficient (Wildman–Crippen LogP) is 3.70. The molecule has 9 heteroatoms. The van der Waals surface area contributed by atoms with E-state index in [4.69, 9.17) is 9.47 Å². The number of carbonyl (C=O) groups excluding carboxylic acids is 2. The van der Waals surface area contributed by atoms with Gasteiger partial charge in [-0.1, -0.05) is 12.1 Å². The number of amides is 3. The zero-order chi connectivity index (χ0) is 25.9. The third-order valence-electron chi connectivity index (χ3n) is 7.03. The van der Waals surface area contributed by atoms with Crippen LogP contribution in [-0.2, 0) is 17.8 Å². The lowest BCUT2D eigenvalue weighted by Gasteiger charge is -2.42. The average Bonchev–Trinajstić information content (AvgIpc) is 2.91. The van der Waals surface area contributed by atoms with Crippen molar-refractivity contribution in [2.75, 3.05) is 37.9 Å². The zero-order valence-electron chi connectivity index (χ0n) is 20.9. The van der Waals surface area contributed by atoms with E-state index in [1.165, 1.54) is 0 Å². The van der Waals surface area contributed by atoms with Crippen LogP contribution >= 0.6 is 0 Å². The van der Waals surface area contributed by atoms with Crippen LogP contribution in [-0.4, -0.2) is 48.7 Å². The van der Waals surface area contributed by atoms with Crippen molar-refractivity contribution < 1.29 is 19.1 Å². The number of anilines is 2. The molecule has 0 unspecified atom stereocenters. The highest BCUT2D eigenvalue weighted by atomic mass is 16.5. The Hall–Kier alpha value is -4.27. The second-order valence-electron chi connectivity index (χ2n) is 9.52. The van der Waals surface area contributed by atoms with Crippen molar-refractivity contribution in [3.05, 3.63) is 82.3 Å². The molecule has 37 heavy (non-hydrogen) atoms. The summed E-state index contributed by atoms with van der Waals surface area (Å²) in [5.41, 5.74) is 2.51. The second kappa shape index (κ2) is 10.4. The molecule has 2 bridgehead atoms. The maximum absolute atomic E-state index is 13.3. The Morgan fingerprint density at radius 3 is 2.22 bits per heavy atom. The lowest BCUT2D eigenvalue weighted by atomic mass is 9.83. The van der Waals surface area contributed by atoms with E-state index in [1.54, 1.807) is 61.3 Å². The summed E-state index contributed by atoms with van der Waals surface area (Å²) < 4.78 is 12.1. The Balaban J connectivity index is 1.25. The molecule has 3 aromatic rings. The first-order valence-corrected chi connectivity index (χ1v) is 12.3. The van der Waals surface area contributed by atoms with Gasteiger partial charge in [0.25, 0.3) is 5.56 Å². The summed E-state index contributed by atoms with van der Waals surface area (Å²) in [6.07, 6.45) is 1.09. The molecule has 9 nitrogen and oxygen atoms in total. The lowest BCUT2D eigenvalue weighted by molar-refractivity contribution is -0.115. The number of hydrogen-bond acceptors (Lipinski definition) is 5. The van der Waals surface area contributed by atoms with Crippen LogP contribution in [0.3, 0.4) is 0 Å². The summed E-state index contributed by atoms with van der Waals surface area (Å²) >= 11 is 0. The Morgan fingerprint density at radius 1 is 0.865 bits per heavy atom. The minimum Gasteiger partial charge on any atom is -0.497 e. The largest absolute Gasteiger partial charge is 0.497 e. The molecule has 1 saturated heterocycles. The summed E-state index contributed by atoms with van der Waals surface area (Å²) in [6.45, 7) is 1.61. The SMILES string of the molecule is COc1ccc(CC(=O)Nc2ccc3n(c2=O)C[C@H]2C[C@@H]3CN(C(=O)Nc3ccc(OC)cc3)C2)cc1. The van der Waals surface area contributed by atoms with Gasteiger partial charge in [-0.05, 0) is 66.4 Å². The van der Waals surface area contributed by atoms with Gasteiger partial charge in [-0.3, -0.25) is 9.59 Å². The molecular formula is C28H30N4O5. The smallest absolute Gasteiger partial charge is 0.321 e. The molecule has 2 aliphatic heterocycles. The number of rotatable bonds is 6. The van der Waals surface area contributed by atoms with Gasteiger partial charge in [0, 0.05) is 36.9 Å². The number of piperidine rings is 1. The van der Waals surface area contributed by atoms with Crippen molar-refractivity contribution in [2.24, 2.45) is 5.92 Å². The first kappa shape index (κ1) is 24.4. The Morgan fingerprint density at radius 2 is 1.54 bits per heavy atom. The normalized spacial score (nSPS) is 17.9. The van der Waals surface area contributed by atoms with Gasteiger partial charge in [-0.2, -0.15) is 0 Å². The number of nitrogens with zero attached hydrogens (tertiary/aromatic N) is 2. The average molecular weight is 503 g/mol. The van der Waals surface area contributed by atoms with Gasteiger partial charge >= 0.3 is 6.03 Å². The molecular weight excluding hydrogens is 472 g/mol. The highest BCUT2D eigenvalue weighted by Gasteiger charge is 2.36. The Bertz CT molecular complexity index is 1350. The van der Waals surface area contributed by atoms with Crippen molar-refractivity contribution in [3.8, 4) is 11.5 Å². The molecule has 1 fully saturated rings. The van der Waals surface area contributed by atoms with Crippen LogP contribution in [0.15, 0.2) is 65.5 Å². The maximum Gasteiger partial charge on any atom is 0.321 e. The van der Waals surface area contributed by atoms with Crippen LogP contribution in [0.2, 0.25) is 0 Å². The summed E-state index contributed by atoms with van der Waals surface area (Å²) in [5, 5.41) is 5.73. The number of ether oxygens (including phenoxy) is 2. The number of pyridine rings is 1. The van der Waals surface area contributed by atoms with Gasteiger partial charge in [-0.25, -0.2) is 4.79 Å². The van der Waals surface area contributed by atoms with Gasteiger partial charge in [0.05, 0.1) is 20.6 Å². The monoisotopic (exact) mass is 502 g/mol. The fourth-order valence-corrected chi connectivity index (χ4v) is 5.21. The first-order chi connectivity index (χ1) is 17.9. The summed E-state index contributed by atoms with van der Waals surface area (Å²) in [7, 11) is 3.19. The number of urea groups is 1. The number of hydrogen-bond donors (Lipinski definition) is 2. The minimum atomic E-state index is -0.250. The lowest BCUT2D eigenvalue weighted by Crippen LogP contribution is -2.50. The first-order valence-electron chi connectivity index (χ1n) is 12.3. The van der Waals surface area contributed by atoms with Gasteiger partial charge in [0.2, 0.25) is 5.91 Å². The fourth-order valence-electron chi connectivity index (χ4n) is 5.21. The van der Waals surface area contributed by atoms with Crippen LogP contribution in [0.25, 0.3) is 0 Å². The third kappa shape index (κ3) is 5.30. The highest BCUT2D eigenvalue weighted by Crippen LogP contribution is 2.35. The van der Waals surface area contributed by atoms with E-state index in [0.29, 0.717) is 25.3 Å². The van der Waals surface area contributed by atoms with E-state index in [1.807, 2.05) is 23.1 Å². The van der Waals surface area contributed by atoms with Gasteiger partial charge in [0.1, 0.15) is 17.2 Å². The van der Waals surface area contributed by atoms with E-state index >= 15 is 0 Å². The van der Waals surface area contributed by atoms with Gasteiger partial charge in [-0.15, -0.1) is 0 Å². The van der Waals surface area contributed by atoms with Crippen molar-refractivity contribution in [2.45, 2.75) is 25.3 Å². The maximum atomic E-state index is 13.3. The van der Waals surface area contributed by atoms with Crippen molar-refractivity contribution in [1.82, 2.24) is 9.47 Å². The number of fused-ring (bicyclic) bond motifs is 4. The molecule has 5 rings (SSSR count). The number of methoxy groups -OCH3 is 2. The molecule has 2 aromatic carbocycles. The number of nitrogens with one attached hydrogen (secondary N) is 2. The number of benzene rings is 2. The summed E-state index contributed by atoms with van der Waals surface area (Å²) in [4.78, 5) is 40.6. The van der Waals surface area contributed by atoms with Gasteiger partial charge < -0.3 is 29.6 Å². The molecule has 0 saturated carbocycles. The van der Waals surface area contributed by atoms with E-state index in [2.05, 4.69) is 10.6 Å². The zero-order valence-corrected chi connectivity index (χ0v) is 20.9.